The number of halogens is 1. The van der Waals surface area contributed by atoms with Gasteiger partial charge in [-0.15, -0.1) is 12.4 Å². The van der Waals surface area contributed by atoms with Crippen LogP contribution in [0.15, 0.2) is 12.1 Å². The minimum atomic E-state index is -0.136. The van der Waals surface area contributed by atoms with Crippen LogP contribution >= 0.6 is 12.4 Å². The molecule has 5 rings (SSSR count). The molecule has 144 valence electrons. The molecule has 0 heterocycles. The van der Waals surface area contributed by atoms with Crippen molar-refractivity contribution in [1.29, 1.82) is 0 Å². The summed E-state index contributed by atoms with van der Waals surface area (Å²) in [5, 5.41) is 6.90. The van der Waals surface area contributed by atoms with Crippen molar-refractivity contribution in [2.75, 3.05) is 5.32 Å². The van der Waals surface area contributed by atoms with E-state index >= 15 is 0 Å². The first kappa shape index (κ1) is 19.7. The third kappa shape index (κ3) is 3.66. The largest absolute Gasteiger partial charge is 0.324 e. The van der Waals surface area contributed by atoms with Crippen LogP contribution in [-0.2, 0) is 4.79 Å². The van der Waals surface area contributed by atoms with E-state index in [1.807, 2.05) is 6.92 Å². The topological polar surface area (TPSA) is 41.1 Å². The predicted octanol–water partition coefficient (Wildman–Crippen LogP) is 4.77. The number of aryl methyl sites for hydroxylation is 3. The third-order valence-corrected chi connectivity index (χ3v) is 6.99. The Hall–Kier alpha value is -1.06. The molecule has 0 spiro atoms. The number of carbonyl (C=O) groups is 1. The fraction of sp³-hybridized carbons (Fsp3) is 0.682. The van der Waals surface area contributed by atoms with Crippen LogP contribution in [0.2, 0.25) is 0 Å². The van der Waals surface area contributed by atoms with Gasteiger partial charge in [0.05, 0.1) is 6.04 Å². The first-order valence-electron chi connectivity index (χ1n) is 10.1. The van der Waals surface area contributed by atoms with Crippen molar-refractivity contribution in [2.45, 2.75) is 71.9 Å². The number of nitrogens with one attached hydrogen (secondary N) is 2. The van der Waals surface area contributed by atoms with Crippen molar-refractivity contribution in [1.82, 2.24) is 5.32 Å². The van der Waals surface area contributed by atoms with Gasteiger partial charge < -0.3 is 10.6 Å². The molecule has 1 unspecified atom stereocenters. The van der Waals surface area contributed by atoms with Crippen molar-refractivity contribution in [3.05, 3.63) is 28.8 Å². The maximum atomic E-state index is 12.8. The number of amides is 1. The molecule has 26 heavy (non-hydrogen) atoms. The van der Waals surface area contributed by atoms with Crippen LogP contribution in [-0.4, -0.2) is 18.0 Å². The van der Waals surface area contributed by atoms with Gasteiger partial charge in [-0.25, -0.2) is 0 Å². The lowest BCUT2D eigenvalue weighted by molar-refractivity contribution is -0.118. The van der Waals surface area contributed by atoms with E-state index in [2.05, 4.69) is 43.5 Å². The number of hydrogen-bond acceptors (Lipinski definition) is 2. The van der Waals surface area contributed by atoms with E-state index < -0.39 is 0 Å². The fourth-order valence-electron chi connectivity index (χ4n) is 6.17. The van der Waals surface area contributed by atoms with E-state index in [4.69, 9.17) is 0 Å². The van der Waals surface area contributed by atoms with Gasteiger partial charge in [0, 0.05) is 11.7 Å². The van der Waals surface area contributed by atoms with Gasteiger partial charge in [0.1, 0.15) is 0 Å². The average molecular weight is 377 g/mol. The maximum absolute atomic E-state index is 12.8. The molecule has 4 aliphatic rings. The van der Waals surface area contributed by atoms with E-state index in [9.17, 15) is 4.79 Å². The maximum Gasteiger partial charge on any atom is 0.241 e. The molecule has 4 fully saturated rings. The summed E-state index contributed by atoms with van der Waals surface area (Å²) in [6.45, 7) is 8.28. The summed E-state index contributed by atoms with van der Waals surface area (Å²) in [5.74, 6) is 3.65. The monoisotopic (exact) mass is 376 g/mol. The standard InChI is InChI=1S/C22H32N2O.ClH/c1-12-5-13(2)20(14(3)6-12)24-22(25)15(4)23-21-18-8-16-7-17(10-18)11-19(21)9-16;/h5-6,15-19,21,23H,7-11H2,1-4H3,(H,24,25);1H. The second kappa shape index (κ2) is 7.52. The molecular weight excluding hydrogens is 344 g/mol. The van der Waals surface area contributed by atoms with Gasteiger partial charge in [0.25, 0.3) is 0 Å². The van der Waals surface area contributed by atoms with Gasteiger partial charge in [0.15, 0.2) is 0 Å². The molecule has 0 aromatic heterocycles. The molecule has 1 aromatic carbocycles. The normalized spacial score (nSPS) is 32.8. The van der Waals surface area contributed by atoms with Gasteiger partial charge in [-0.1, -0.05) is 17.7 Å². The van der Waals surface area contributed by atoms with Crippen molar-refractivity contribution in [3.63, 3.8) is 0 Å². The second-order valence-electron chi connectivity index (χ2n) is 9.11. The van der Waals surface area contributed by atoms with Gasteiger partial charge in [0.2, 0.25) is 5.91 Å². The lowest BCUT2D eigenvalue weighted by Crippen LogP contribution is -2.58. The highest BCUT2D eigenvalue weighted by Crippen LogP contribution is 2.53. The Balaban J connectivity index is 0.00000196. The number of anilines is 1. The van der Waals surface area contributed by atoms with E-state index in [-0.39, 0.29) is 24.4 Å². The molecule has 3 nitrogen and oxygen atoms in total. The van der Waals surface area contributed by atoms with Crippen LogP contribution in [0.5, 0.6) is 0 Å². The summed E-state index contributed by atoms with van der Waals surface area (Å²) in [7, 11) is 0. The second-order valence-corrected chi connectivity index (χ2v) is 9.11. The summed E-state index contributed by atoms with van der Waals surface area (Å²) >= 11 is 0. The number of carbonyl (C=O) groups excluding carboxylic acids is 1. The summed E-state index contributed by atoms with van der Waals surface area (Å²) in [5.41, 5.74) is 4.52. The van der Waals surface area contributed by atoms with Crippen molar-refractivity contribution in [2.24, 2.45) is 23.7 Å². The van der Waals surface area contributed by atoms with Crippen LogP contribution in [0.25, 0.3) is 0 Å². The lowest BCUT2D eigenvalue weighted by Gasteiger charge is -2.55. The molecule has 0 saturated heterocycles. The zero-order chi connectivity index (χ0) is 17.7. The molecule has 4 bridgehead atoms. The highest BCUT2D eigenvalue weighted by atomic mass is 35.5. The summed E-state index contributed by atoms with van der Waals surface area (Å²) in [6, 6.07) is 4.69. The van der Waals surface area contributed by atoms with Gasteiger partial charge in [-0.2, -0.15) is 0 Å². The zero-order valence-electron chi connectivity index (χ0n) is 16.5. The van der Waals surface area contributed by atoms with Gasteiger partial charge >= 0.3 is 0 Å². The molecule has 1 aromatic rings. The SMILES string of the molecule is Cc1cc(C)c(NC(=O)C(C)NC2C3CC4CC(C3)CC2C4)c(C)c1.Cl. The van der Waals surface area contributed by atoms with Crippen LogP contribution in [0, 0.1) is 44.4 Å². The summed E-state index contributed by atoms with van der Waals surface area (Å²) < 4.78 is 0. The molecule has 1 atom stereocenters. The fourth-order valence-corrected chi connectivity index (χ4v) is 6.17. The summed E-state index contributed by atoms with van der Waals surface area (Å²) in [6.07, 6.45) is 7.01. The third-order valence-electron chi connectivity index (χ3n) is 6.99. The van der Waals surface area contributed by atoms with Crippen molar-refractivity contribution < 1.29 is 4.79 Å². The quantitative estimate of drug-likeness (QED) is 0.794. The van der Waals surface area contributed by atoms with Crippen LogP contribution in [0.4, 0.5) is 5.69 Å². The Morgan fingerprint density at radius 1 is 0.962 bits per heavy atom. The molecule has 4 heteroatoms. The molecular formula is C22H33ClN2O. The minimum absolute atomic E-state index is 0. The molecule has 4 saturated carbocycles. The van der Waals surface area contributed by atoms with Crippen LogP contribution in [0.1, 0.15) is 55.7 Å². The molecule has 0 radical (unpaired) electrons. The summed E-state index contributed by atoms with van der Waals surface area (Å²) in [4.78, 5) is 12.8. The number of benzene rings is 1. The highest BCUT2D eigenvalue weighted by molar-refractivity contribution is 5.96. The first-order valence-corrected chi connectivity index (χ1v) is 10.1. The van der Waals surface area contributed by atoms with E-state index in [0.717, 1.165) is 40.5 Å². The van der Waals surface area contributed by atoms with E-state index in [1.165, 1.54) is 37.7 Å². The molecule has 4 aliphatic carbocycles. The number of rotatable bonds is 4. The first-order chi connectivity index (χ1) is 11.9. The van der Waals surface area contributed by atoms with Crippen molar-refractivity contribution >= 4 is 24.0 Å². The van der Waals surface area contributed by atoms with Crippen LogP contribution < -0.4 is 10.6 Å². The van der Waals surface area contributed by atoms with Gasteiger partial charge in [-0.3, -0.25) is 4.79 Å². The number of hydrogen-bond donors (Lipinski definition) is 2. The Bertz CT molecular complexity index is 636. The Morgan fingerprint density at radius 3 is 1.96 bits per heavy atom. The Morgan fingerprint density at radius 2 is 1.46 bits per heavy atom. The molecule has 2 N–H and O–H groups in total. The zero-order valence-corrected chi connectivity index (χ0v) is 17.3. The van der Waals surface area contributed by atoms with Gasteiger partial charge in [-0.05, 0) is 94.6 Å². The van der Waals surface area contributed by atoms with E-state index in [0.29, 0.717) is 6.04 Å². The highest BCUT2D eigenvalue weighted by Gasteiger charge is 2.48. The smallest absolute Gasteiger partial charge is 0.241 e. The predicted molar refractivity (Wildman–Crippen MR) is 110 cm³/mol. The van der Waals surface area contributed by atoms with E-state index in [1.54, 1.807) is 0 Å². The van der Waals surface area contributed by atoms with Crippen LogP contribution in [0.3, 0.4) is 0 Å². The molecule has 0 aliphatic heterocycles. The molecule has 1 amide bonds. The minimum Gasteiger partial charge on any atom is -0.324 e. The Kier molecular flexibility index (Phi) is 5.69. The lowest BCUT2D eigenvalue weighted by atomic mass is 9.54. The Labute approximate surface area is 164 Å². The van der Waals surface area contributed by atoms with Crippen molar-refractivity contribution in [3.8, 4) is 0 Å². The average Bonchev–Trinajstić information content (AvgIpc) is 2.53.